The van der Waals surface area contributed by atoms with Crippen LogP contribution in [0.25, 0.3) is 0 Å². The van der Waals surface area contributed by atoms with Crippen LogP contribution in [0.2, 0.25) is 0 Å². The highest BCUT2D eigenvalue weighted by Crippen LogP contribution is 2.69. The maximum atomic E-state index is 11.9. The summed E-state index contributed by atoms with van der Waals surface area (Å²) in [7, 11) is 0. The summed E-state index contributed by atoms with van der Waals surface area (Å²) in [5.74, 6) is 1.75. The Labute approximate surface area is 106 Å². The first-order chi connectivity index (χ1) is 8.59. The molecule has 3 N–H and O–H groups in total. The van der Waals surface area contributed by atoms with Gasteiger partial charge < -0.3 is 15.5 Å². The molecule has 18 heavy (non-hydrogen) atoms. The molecule has 5 nitrogen and oxygen atoms in total. The zero-order valence-electron chi connectivity index (χ0n) is 10.2. The van der Waals surface area contributed by atoms with Gasteiger partial charge in [0.05, 0.1) is 0 Å². The quantitative estimate of drug-likeness (QED) is 0.654. The summed E-state index contributed by atoms with van der Waals surface area (Å²) in [6, 6.07) is 0. The van der Waals surface area contributed by atoms with E-state index in [-0.39, 0.29) is 24.8 Å². The van der Waals surface area contributed by atoms with E-state index in [4.69, 9.17) is 10.2 Å². The van der Waals surface area contributed by atoms with E-state index < -0.39 is 12.1 Å². The molecule has 0 aliphatic heterocycles. The highest BCUT2D eigenvalue weighted by Gasteiger charge is 2.67. The number of aliphatic carboxylic acids is 1. The number of amides is 1. The van der Waals surface area contributed by atoms with Crippen LogP contribution in [0.15, 0.2) is 0 Å². The van der Waals surface area contributed by atoms with Gasteiger partial charge in [0.25, 0.3) is 0 Å². The molecule has 0 aromatic heterocycles. The van der Waals surface area contributed by atoms with E-state index in [1.165, 1.54) is 19.3 Å². The van der Waals surface area contributed by atoms with Crippen molar-refractivity contribution < 1.29 is 19.8 Å². The molecule has 0 radical (unpaired) electrons. The first-order valence-electron chi connectivity index (χ1n) is 6.78. The molecule has 0 saturated heterocycles. The molecule has 3 aliphatic rings. The number of aliphatic hydroxyl groups excluding tert-OH is 1. The molecule has 3 fully saturated rings. The third kappa shape index (κ3) is 1.81. The average Bonchev–Trinajstić information content (AvgIpc) is 2.78. The second-order valence-corrected chi connectivity index (χ2v) is 5.95. The van der Waals surface area contributed by atoms with Crippen molar-refractivity contribution in [1.29, 1.82) is 0 Å². The number of hydrogen-bond acceptors (Lipinski definition) is 3. The van der Waals surface area contributed by atoms with Gasteiger partial charge in [0, 0.05) is 18.9 Å². The van der Waals surface area contributed by atoms with E-state index in [9.17, 15) is 9.59 Å². The van der Waals surface area contributed by atoms with E-state index in [0.717, 1.165) is 11.8 Å². The monoisotopic (exact) mass is 253 g/mol. The molecule has 0 heterocycles. The van der Waals surface area contributed by atoms with Crippen LogP contribution < -0.4 is 5.32 Å². The van der Waals surface area contributed by atoms with Crippen LogP contribution in [0.5, 0.6) is 0 Å². The number of fused-ring (bicyclic) bond motifs is 5. The Kier molecular flexibility index (Phi) is 2.81. The van der Waals surface area contributed by atoms with Crippen molar-refractivity contribution in [3.8, 4) is 0 Å². The van der Waals surface area contributed by atoms with Crippen LogP contribution in [0.1, 0.15) is 25.7 Å². The van der Waals surface area contributed by atoms with Crippen molar-refractivity contribution >= 4 is 11.9 Å². The van der Waals surface area contributed by atoms with E-state index >= 15 is 0 Å². The molecule has 0 aromatic carbocycles. The van der Waals surface area contributed by atoms with E-state index in [2.05, 4.69) is 5.32 Å². The molecule has 0 spiro atoms. The molecule has 5 heteroatoms. The Bertz CT molecular complexity index is 367. The zero-order chi connectivity index (χ0) is 12.9. The van der Waals surface area contributed by atoms with Gasteiger partial charge in [-0.25, -0.2) is 4.79 Å². The van der Waals surface area contributed by atoms with E-state index in [0.29, 0.717) is 11.8 Å². The SMILES string of the molecule is O=C(O)C(O)CCNC(=O)C1C2C3CCC(C3)C12. The third-order valence-electron chi connectivity index (χ3n) is 5.04. The second kappa shape index (κ2) is 4.23. The molecule has 100 valence electrons. The van der Waals surface area contributed by atoms with Gasteiger partial charge in [0.15, 0.2) is 6.10 Å². The van der Waals surface area contributed by atoms with E-state index in [1.54, 1.807) is 0 Å². The first kappa shape index (κ1) is 12.0. The highest BCUT2D eigenvalue weighted by molar-refractivity contribution is 5.82. The fourth-order valence-electron chi connectivity index (χ4n) is 4.25. The standard InChI is InChI=1S/C13H19NO4/c15-8(13(17)18)3-4-14-12(16)11-9-6-1-2-7(5-6)10(9)11/h6-11,15H,1-5H2,(H,14,16)(H,17,18). The molecule has 5 unspecified atom stereocenters. The fourth-order valence-corrected chi connectivity index (χ4v) is 4.25. The molecular weight excluding hydrogens is 234 g/mol. The molecule has 3 aliphatic carbocycles. The van der Waals surface area contributed by atoms with Crippen molar-refractivity contribution in [3.63, 3.8) is 0 Å². The molecular formula is C13H19NO4. The number of rotatable bonds is 5. The summed E-state index contributed by atoms with van der Waals surface area (Å²) in [4.78, 5) is 22.4. The first-order valence-corrected chi connectivity index (χ1v) is 6.78. The molecule has 5 atom stereocenters. The predicted octanol–water partition coefficient (Wildman–Crippen LogP) is 0.230. The fraction of sp³-hybridized carbons (Fsp3) is 0.846. The lowest BCUT2D eigenvalue weighted by atomic mass is 10.0. The summed E-state index contributed by atoms with van der Waals surface area (Å²) >= 11 is 0. The maximum absolute atomic E-state index is 11.9. The molecule has 2 bridgehead atoms. The van der Waals surface area contributed by atoms with Crippen molar-refractivity contribution in [1.82, 2.24) is 5.32 Å². The number of nitrogens with one attached hydrogen (secondary N) is 1. The summed E-state index contributed by atoms with van der Waals surface area (Å²) in [5, 5.41) is 20.4. The lowest BCUT2D eigenvalue weighted by molar-refractivity contribution is -0.147. The highest BCUT2D eigenvalue weighted by atomic mass is 16.4. The Morgan fingerprint density at radius 3 is 2.39 bits per heavy atom. The number of carbonyl (C=O) groups is 2. The topological polar surface area (TPSA) is 86.6 Å². The van der Waals surface area contributed by atoms with Crippen molar-refractivity contribution in [2.75, 3.05) is 6.54 Å². The van der Waals surface area contributed by atoms with Crippen LogP contribution in [0, 0.1) is 29.6 Å². The minimum atomic E-state index is -1.37. The Morgan fingerprint density at radius 2 is 1.83 bits per heavy atom. The number of aliphatic hydroxyl groups is 1. The van der Waals surface area contributed by atoms with Gasteiger partial charge in [0.1, 0.15) is 0 Å². The number of hydrogen-bond donors (Lipinski definition) is 3. The number of carbonyl (C=O) groups excluding carboxylic acids is 1. The van der Waals surface area contributed by atoms with Crippen LogP contribution in [-0.4, -0.2) is 34.7 Å². The maximum Gasteiger partial charge on any atom is 0.332 e. The number of carboxylic acid groups (broad SMARTS) is 1. The molecule has 3 saturated carbocycles. The van der Waals surface area contributed by atoms with Crippen LogP contribution in [0.4, 0.5) is 0 Å². The second-order valence-electron chi connectivity index (χ2n) is 5.95. The largest absolute Gasteiger partial charge is 0.479 e. The smallest absolute Gasteiger partial charge is 0.332 e. The molecule has 3 rings (SSSR count). The van der Waals surface area contributed by atoms with Gasteiger partial charge in [-0.2, -0.15) is 0 Å². The third-order valence-corrected chi connectivity index (χ3v) is 5.04. The van der Waals surface area contributed by atoms with Gasteiger partial charge in [-0.15, -0.1) is 0 Å². The van der Waals surface area contributed by atoms with Gasteiger partial charge in [-0.1, -0.05) is 0 Å². The van der Waals surface area contributed by atoms with Gasteiger partial charge >= 0.3 is 5.97 Å². The predicted molar refractivity (Wildman–Crippen MR) is 62.6 cm³/mol. The van der Waals surface area contributed by atoms with Crippen molar-refractivity contribution in [3.05, 3.63) is 0 Å². The Morgan fingerprint density at radius 1 is 1.22 bits per heavy atom. The minimum Gasteiger partial charge on any atom is -0.479 e. The van der Waals surface area contributed by atoms with Gasteiger partial charge in [0.2, 0.25) is 5.91 Å². The Hall–Kier alpha value is -1.10. The molecule has 0 aromatic rings. The molecule has 1 amide bonds. The normalized spacial score (nSPS) is 41.3. The van der Waals surface area contributed by atoms with Crippen LogP contribution >= 0.6 is 0 Å². The van der Waals surface area contributed by atoms with Gasteiger partial charge in [-0.3, -0.25) is 4.79 Å². The summed E-state index contributed by atoms with van der Waals surface area (Å²) in [6.07, 6.45) is 2.59. The summed E-state index contributed by atoms with van der Waals surface area (Å²) < 4.78 is 0. The minimum absolute atomic E-state index is 0.0687. The van der Waals surface area contributed by atoms with Gasteiger partial charge in [-0.05, 0) is 42.9 Å². The average molecular weight is 253 g/mol. The summed E-state index contributed by atoms with van der Waals surface area (Å²) in [5.41, 5.74) is 0. The lowest BCUT2D eigenvalue weighted by Crippen LogP contribution is -2.32. The lowest BCUT2D eigenvalue weighted by Gasteiger charge is -2.10. The Balaban J connectivity index is 1.43. The van der Waals surface area contributed by atoms with Crippen molar-refractivity contribution in [2.24, 2.45) is 29.6 Å². The van der Waals surface area contributed by atoms with Crippen LogP contribution in [0.3, 0.4) is 0 Å². The van der Waals surface area contributed by atoms with E-state index in [1.807, 2.05) is 0 Å². The van der Waals surface area contributed by atoms with Crippen molar-refractivity contribution in [2.45, 2.75) is 31.8 Å². The summed E-state index contributed by atoms with van der Waals surface area (Å²) in [6.45, 7) is 0.248. The van der Waals surface area contributed by atoms with Crippen LogP contribution in [-0.2, 0) is 9.59 Å². The number of carboxylic acids is 1. The zero-order valence-corrected chi connectivity index (χ0v) is 10.2.